The number of unbranched alkanes of at least 4 members (excludes halogenated alkanes) is 3. The van der Waals surface area contributed by atoms with Crippen LogP contribution in [0.2, 0.25) is 0 Å². The van der Waals surface area contributed by atoms with Gasteiger partial charge in [0.15, 0.2) is 0 Å². The Morgan fingerprint density at radius 3 is 2.57 bits per heavy atom. The first-order valence-electron chi connectivity index (χ1n) is 15.8. The molecule has 0 aliphatic carbocycles. The van der Waals surface area contributed by atoms with Crippen molar-refractivity contribution in [3.63, 3.8) is 0 Å². The number of rotatable bonds is 11. The number of carbonyl (C=O) groups is 1. The Kier molecular flexibility index (Phi) is 16.5. The van der Waals surface area contributed by atoms with Crippen LogP contribution in [-0.2, 0) is 9.53 Å². The van der Waals surface area contributed by atoms with Gasteiger partial charge in [0, 0.05) is 35.6 Å². The SMILES string of the molecule is C/C=C(C)/C=C(\C)[C@@H](O)[C@@H](C)[C@H](O)[C@@H](O)[C@H]1C/C=C\C=C/[C@H](O)C[C@@H](O)[C@H](C)c2nc(cs2)/C=C(/CCCCCC)C(=O)O1. The van der Waals surface area contributed by atoms with Crippen LogP contribution < -0.4 is 0 Å². The van der Waals surface area contributed by atoms with Gasteiger partial charge in [-0.25, -0.2) is 9.78 Å². The summed E-state index contributed by atoms with van der Waals surface area (Å²) in [5.74, 6) is -1.66. The predicted octanol–water partition coefficient (Wildman–Crippen LogP) is 5.77. The van der Waals surface area contributed by atoms with E-state index < -0.39 is 48.5 Å². The van der Waals surface area contributed by atoms with Crippen molar-refractivity contribution in [3.05, 3.63) is 69.3 Å². The number of cyclic esters (lactones) is 1. The molecule has 9 heteroatoms. The molecule has 0 saturated heterocycles. The molecule has 8 atom stereocenters. The largest absolute Gasteiger partial charge is 0.456 e. The molecule has 0 aromatic carbocycles. The average Bonchev–Trinajstić information content (AvgIpc) is 3.47. The van der Waals surface area contributed by atoms with Gasteiger partial charge in [-0.2, -0.15) is 0 Å². The lowest BCUT2D eigenvalue weighted by molar-refractivity contribution is -0.158. The van der Waals surface area contributed by atoms with E-state index in [0.29, 0.717) is 28.3 Å². The van der Waals surface area contributed by atoms with E-state index in [1.165, 1.54) is 11.3 Å². The van der Waals surface area contributed by atoms with Crippen molar-refractivity contribution >= 4 is 23.4 Å². The van der Waals surface area contributed by atoms with E-state index in [4.69, 9.17) is 4.74 Å². The predicted molar refractivity (Wildman–Crippen MR) is 177 cm³/mol. The summed E-state index contributed by atoms with van der Waals surface area (Å²) >= 11 is 1.38. The third-order valence-electron chi connectivity index (χ3n) is 8.23. The van der Waals surface area contributed by atoms with Crippen molar-refractivity contribution in [1.29, 1.82) is 0 Å². The van der Waals surface area contributed by atoms with E-state index in [-0.39, 0.29) is 18.8 Å². The standard InChI is InChI=1S/C35H53NO7S/c1-7-9-10-12-15-26-19-27-21-44-34(36-27)24(5)29(38)20-28(37)16-13-11-14-17-30(43-35(26)42)33(41)32(40)25(6)31(39)23(4)18-22(3)8-2/h8,11,13-14,16,18-19,21,24-25,28-33,37-41H,7,9-10,12,15,17,20H2,1-6H3/b14-11-,16-13-,22-8+,23-18+,26-19-/t24-,25+,28-,29+,30+,31+,32-,33-/m0/s1. The zero-order valence-corrected chi connectivity index (χ0v) is 27.9. The molecule has 0 spiro atoms. The number of aliphatic hydroxyl groups is 5. The number of carbonyl (C=O) groups excluding carboxylic acids is 1. The minimum absolute atomic E-state index is 0.0866. The molecule has 1 aliphatic heterocycles. The first-order valence-corrected chi connectivity index (χ1v) is 16.7. The molecule has 246 valence electrons. The lowest BCUT2D eigenvalue weighted by Crippen LogP contribution is -2.46. The van der Waals surface area contributed by atoms with E-state index in [2.05, 4.69) is 11.9 Å². The Hall–Kier alpha value is -2.40. The van der Waals surface area contributed by atoms with Gasteiger partial charge in [0.2, 0.25) is 0 Å². The van der Waals surface area contributed by atoms with E-state index in [0.717, 1.165) is 31.3 Å². The second-order valence-corrected chi connectivity index (χ2v) is 12.8. The van der Waals surface area contributed by atoms with Gasteiger partial charge in [-0.1, -0.05) is 82.1 Å². The molecule has 1 aromatic heterocycles. The average molecular weight is 632 g/mol. The van der Waals surface area contributed by atoms with Crippen LogP contribution in [-0.4, -0.2) is 73.1 Å². The summed E-state index contributed by atoms with van der Waals surface area (Å²) in [6, 6.07) is 0. The summed E-state index contributed by atoms with van der Waals surface area (Å²) in [7, 11) is 0. The zero-order chi connectivity index (χ0) is 32.8. The van der Waals surface area contributed by atoms with Crippen molar-refractivity contribution in [1.82, 2.24) is 4.98 Å². The minimum atomic E-state index is -1.48. The molecule has 1 aromatic rings. The summed E-state index contributed by atoms with van der Waals surface area (Å²) < 4.78 is 5.90. The highest BCUT2D eigenvalue weighted by Gasteiger charge is 2.36. The summed E-state index contributed by atoms with van der Waals surface area (Å²) in [6.07, 6.45) is 9.78. The zero-order valence-electron chi connectivity index (χ0n) is 27.1. The van der Waals surface area contributed by atoms with Gasteiger partial charge in [0.25, 0.3) is 0 Å². The van der Waals surface area contributed by atoms with Gasteiger partial charge in [0.05, 0.1) is 35.1 Å². The molecule has 0 saturated carbocycles. The van der Waals surface area contributed by atoms with Crippen LogP contribution in [0.4, 0.5) is 0 Å². The number of ether oxygens (including phenoxy) is 1. The summed E-state index contributed by atoms with van der Waals surface area (Å²) in [5.41, 5.74) is 2.59. The van der Waals surface area contributed by atoms with Crippen molar-refractivity contribution in [2.24, 2.45) is 5.92 Å². The fourth-order valence-electron chi connectivity index (χ4n) is 5.04. The van der Waals surface area contributed by atoms with Crippen LogP contribution in [0, 0.1) is 5.92 Å². The molecular weight excluding hydrogens is 578 g/mol. The summed E-state index contributed by atoms with van der Waals surface area (Å²) in [5, 5.41) is 57.0. The number of hydrogen-bond acceptors (Lipinski definition) is 9. The third kappa shape index (κ3) is 11.8. The fourth-order valence-corrected chi connectivity index (χ4v) is 5.93. The molecule has 44 heavy (non-hydrogen) atoms. The highest BCUT2D eigenvalue weighted by atomic mass is 32.1. The normalized spacial score (nSPS) is 28.2. The number of aliphatic hydroxyl groups excluding tert-OH is 5. The van der Waals surface area contributed by atoms with E-state index in [9.17, 15) is 30.3 Å². The van der Waals surface area contributed by atoms with Gasteiger partial charge < -0.3 is 30.3 Å². The number of thiazole rings is 1. The highest BCUT2D eigenvalue weighted by Crippen LogP contribution is 2.28. The number of allylic oxidation sites excluding steroid dienone is 5. The van der Waals surface area contributed by atoms with Crippen molar-refractivity contribution in [2.75, 3.05) is 0 Å². The smallest absolute Gasteiger partial charge is 0.334 e. The third-order valence-corrected chi connectivity index (χ3v) is 9.29. The molecule has 0 amide bonds. The van der Waals surface area contributed by atoms with Crippen molar-refractivity contribution in [2.45, 2.75) is 129 Å². The second-order valence-electron chi connectivity index (χ2n) is 11.9. The van der Waals surface area contributed by atoms with Gasteiger partial charge in [-0.15, -0.1) is 11.3 Å². The monoisotopic (exact) mass is 631 g/mol. The Bertz CT molecular complexity index is 1180. The number of fused-ring (bicyclic) bond motifs is 2. The van der Waals surface area contributed by atoms with Gasteiger partial charge in [-0.3, -0.25) is 0 Å². The van der Waals surface area contributed by atoms with Gasteiger partial charge in [0.1, 0.15) is 12.2 Å². The van der Waals surface area contributed by atoms with E-state index in [1.54, 1.807) is 44.2 Å². The van der Waals surface area contributed by atoms with Crippen LogP contribution in [0.5, 0.6) is 0 Å². The van der Waals surface area contributed by atoms with Crippen molar-refractivity contribution in [3.8, 4) is 0 Å². The Morgan fingerprint density at radius 1 is 1.16 bits per heavy atom. The topological polar surface area (TPSA) is 140 Å². The van der Waals surface area contributed by atoms with Gasteiger partial charge >= 0.3 is 5.97 Å². The van der Waals surface area contributed by atoms with Crippen molar-refractivity contribution < 1.29 is 35.1 Å². The second kappa shape index (κ2) is 19.2. The molecule has 0 radical (unpaired) electrons. The molecule has 2 bridgehead atoms. The Balaban J connectivity index is 2.44. The lowest BCUT2D eigenvalue weighted by atomic mass is 9.87. The Labute approximate surface area is 267 Å². The molecule has 1 aliphatic rings. The maximum absolute atomic E-state index is 13.6. The first kappa shape index (κ1) is 37.8. The molecule has 2 rings (SSSR count). The highest BCUT2D eigenvalue weighted by molar-refractivity contribution is 7.09. The van der Waals surface area contributed by atoms with Crippen LogP contribution >= 0.6 is 11.3 Å². The Morgan fingerprint density at radius 2 is 1.89 bits per heavy atom. The molecule has 2 heterocycles. The maximum Gasteiger partial charge on any atom is 0.334 e. The quantitative estimate of drug-likeness (QED) is 0.118. The molecule has 0 unspecified atom stereocenters. The number of hydrogen-bond donors (Lipinski definition) is 5. The minimum Gasteiger partial charge on any atom is -0.456 e. The van der Waals surface area contributed by atoms with Crippen LogP contribution in [0.25, 0.3) is 6.08 Å². The van der Waals surface area contributed by atoms with Crippen LogP contribution in [0.3, 0.4) is 0 Å². The molecule has 5 N–H and O–H groups in total. The molecule has 0 fully saturated rings. The maximum atomic E-state index is 13.6. The number of esters is 1. The number of nitrogens with zero attached hydrogens (tertiary/aromatic N) is 1. The molecule has 8 nitrogen and oxygen atoms in total. The van der Waals surface area contributed by atoms with E-state index >= 15 is 0 Å². The lowest BCUT2D eigenvalue weighted by Gasteiger charge is -2.32. The fraction of sp³-hybridized carbons (Fsp3) is 0.600. The van der Waals surface area contributed by atoms with Crippen LogP contribution in [0.1, 0.15) is 103 Å². The number of aromatic nitrogens is 1. The first-order chi connectivity index (χ1) is 20.9. The van der Waals surface area contributed by atoms with E-state index in [1.807, 2.05) is 38.3 Å². The molecular formula is C35H53NO7S. The van der Waals surface area contributed by atoms with Gasteiger partial charge in [-0.05, 0) is 45.3 Å². The van der Waals surface area contributed by atoms with Crippen LogP contribution in [0.15, 0.2) is 58.6 Å². The summed E-state index contributed by atoms with van der Waals surface area (Å²) in [4.78, 5) is 18.3. The summed E-state index contributed by atoms with van der Waals surface area (Å²) in [6.45, 7) is 11.2.